The lowest BCUT2D eigenvalue weighted by atomic mass is 9.99. The van der Waals surface area contributed by atoms with Gasteiger partial charge in [-0.25, -0.2) is 0 Å². The van der Waals surface area contributed by atoms with Crippen molar-refractivity contribution < 1.29 is 5.11 Å². The van der Waals surface area contributed by atoms with Crippen LogP contribution in [0.25, 0.3) is 0 Å². The third-order valence-corrected chi connectivity index (χ3v) is 2.38. The minimum absolute atomic E-state index is 0.330. The third-order valence-electron chi connectivity index (χ3n) is 2.38. The highest BCUT2D eigenvalue weighted by molar-refractivity contribution is 5.81. The highest BCUT2D eigenvalue weighted by atomic mass is 16.3. The van der Waals surface area contributed by atoms with Gasteiger partial charge in [0.1, 0.15) is 0 Å². The third kappa shape index (κ3) is 2.88. The number of hydrogen-bond acceptors (Lipinski definition) is 4. The molecular formula is C9H19N3O. The quantitative estimate of drug-likeness (QED) is 0.571. The van der Waals surface area contributed by atoms with E-state index in [1.54, 1.807) is 6.92 Å². The van der Waals surface area contributed by atoms with E-state index in [-0.39, 0.29) is 5.54 Å². The Morgan fingerprint density at radius 1 is 1.62 bits per heavy atom. The molecule has 0 amide bonds. The summed E-state index contributed by atoms with van der Waals surface area (Å²) in [7, 11) is 0. The maximum Gasteiger partial charge on any atom is 0.191 e. The molecule has 0 saturated heterocycles. The Kier molecular flexibility index (Phi) is 3.14. The molecule has 1 unspecified atom stereocenters. The van der Waals surface area contributed by atoms with Crippen molar-refractivity contribution >= 4 is 5.96 Å². The number of guanidine groups is 1. The van der Waals surface area contributed by atoms with Crippen LogP contribution in [0.2, 0.25) is 0 Å². The first-order chi connectivity index (χ1) is 6.02. The van der Waals surface area contributed by atoms with Crippen molar-refractivity contribution in [3.8, 4) is 0 Å². The fourth-order valence-electron chi connectivity index (χ4n) is 1.03. The van der Waals surface area contributed by atoms with E-state index in [9.17, 15) is 5.11 Å². The van der Waals surface area contributed by atoms with Crippen molar-refractivity contribution in [3.63, 3.8) is 0 Å². The summed E-state index contributed by atoms with van der Waals surface area (Å²) in [6.07, 6.45) is 0.680. The number of nitrogens with one attached hydrogen (secondary N) is 2. The van der Waals surface area contributed by atoms with Gasteiger partial charge in [0.05, 0.1) is 11.6 Å². The SMILES string of the molecule is CC(O)C(C)(C)NC1=NCCCN1. The lowest BCUT2D eigenvalue weighted by molar-refractivity contribution is 0.109. The second-order valence-corrected chi connectivity index (χ2v) is 4.03. The van der Waals surface area contributed by atoms with Crippen LogP contribution in [0.5, 0.6) is 0 Å². The molecule has 4 nitrogen and oxygen atoms in total. The zero-order valence-corrected chi connectivity index (χ0v) is 8.59. The molecule has 3 N–H and O–H groups in total. The average Bonchev–Trinajstić information content (AvgIpc) is 2.05. The summed E-state index contributed by atoms with van der Waals surface area (Å²) in [5, 5.41) is 15.8. The normalized spacial score (nSPS) is 20.2. The molecule has 1 rings (SSSR count). The van der Waals surface area contributed by atoms with Gasteiger partial charge < -0.3 is 15.7 Å². The molecule has 0 aliphatic carbocycles. The van der Waals surface area contributed by atoms with Gasteiger partial charge in [0.2, 0.25) is 0 Å². The maximum atomic E-state index is 9.47. The molecule has 1 atom stereocenters. The Labute approximate surface area is 79.4 Å². The minimum atomic E-state index is -0.404. The van der Waals surface area contributed by atoms with Crippen LogP contribution in [-0.4, -0.2) is 35.8 Å². The van der Waals surface area contributed by atoms with Crippen LogP contribution in [-0.2, 0) is 0 Å². The van der Waals surface area contributed by atoms with Gasteiger partial charge in [-0.3, -0.25) is 4.99 Å². The molecule has 1 aliphatic rings. The molecule has 0 spiro atoms. The average molecular weight is 185 g/mol. The predicted octanol–water partition coefficient (Wildman–Crippen LogP) is 0.0847. The summed E-state index contributed by atoms with van der Waals surface area (Å²) < 4.78 is 0. The van der Waals surface area contributed by atoms with E-state index in [0.29, 0.717) is 0 Å². The lowest BCUT2D eigenvalue weighted by Gasteiger charge is -2.32. The summed E-state index contributed by atoms with van der Waals surface area (Å²) in [4.78, 5) is 4.28. The molecular weight excluding hydrogens is 166 g/mol. The van der Waals surface area contributed by atoms with Gasteiger partial charge in [-0.05, 0) is 27.2 Å². The van der Waals surface area contributed by atoms with Crippen LogP contribution in [0.1, 0.15) is 27.2 Å². The first-order valence-electron chi connectivity index (χ1n) is 4.77. The van der Waals surface area contributed by atoms with Crippen LogP contribution >= 0.6 is 0 Å². The molecule has 1 heterocycles. The van der Waals surface area contributed by atoms with Crippen LogP contribution in [0.15, 0.2) is 4.99 Å². The summed E-state index contributed by atoms with van der Waals surface area (Å²) in [5.74, 6) is 0.803. The second kappa shape index (κ2) is 3.96. The van der Waals surface area contributed by atoms with Crippen molar-refractivity contribution in [2.75, 3.05) is 13.1 Å². The zero-order chi connectivity index (χ0) is 9.90. The van der Waals surface area contributed by atoms with Crippen LogP contribution in [0.4, 0.5) is 0 Å². The van der Waals surface area contributed by atoms with Crippen LogP contribution in [0, 0.1) is 0 Å². The Bertz CT molecular complexity index is 199. The smallest absolute Gasteiger partial charge is 0.191 e. The maximum absolute atomic E-state index is 9.47. The fraction of sp³-hybridized carbons (Fsp3) is 0.889. The summed E-state index contributed by atoms with van der Waals surface area (Å²) >= 11 is 0. The van der Waals surface area contributed by atoms with E-state index in [1.807, 2.05) is 13.8 Å². The van der Waals surface area contributed by atoms with Crippen LogP contribution in [0.3, 0.4) is 0 Å². The molecule has 1 aliphatic heterocycles. The topological polar surface area (TPSA) is 56.6 Å². The van der Waals surface area contributed by atoms with E-state index in [1.165, 1.54) is 0 Å². The van der Waals surface area contributed by atoms with Crippen molar-refractivity contribution in [2.45, 2.75) is 38.8 Å². The van der Waals surface area contributed by atoms with E-state index in [4.69, 9.17) is 0 Å². The first-order valence-corrected chi connectivity index (χ1v) is 4.77. The minimum Gasteiger partial charge on any atom is -0.391 e. The molecule has 13 heavy (non-hydrogen) atoms. The number of nitrogens with zero attached hydrogens (tertiary/aromatic N) is 1. The largest absolute Gasteiger partial charge is 0.391 e. The molecule has 4 heteroatoms. The van der Waals surface area contributed by atoms with Gasteiger partial charge >= 0.3 is 0 Å². The second-order valence-electron chi connectivity index (χ2n) is 4.03. The molecule has 0 aromatic rings. The standard InChI is InChI=1S/C9H19N3O/c1-7(13)9(2,3)12-8-10-5-4-6-11-8/h7,13H,4-6H2,1-3H3,(H2,10,11,12). The van der Waals surface area contributed by atoms with E-state index in [0.717, 1.165) is 25.5 Å². The molecule has 0 saturated carbocycles. The number of aliphatic hydroxyl groups is 1. The summed E-state index contributed by atoms with van der Waals surface area (Å²) in [6.45, 7) is 7.51. The van der Waals surface area contributed by atoms with Gasteiger partial charge in [-0.2, -0.15) is 0 Å². The fourth-order valence-corrected chi connectivity index (χ4v) is 1.03. The van der Waals surface area contributed by atoms with Crippen molar-refractivity contribution in [3.05, 3.63) is 0 Å². The van der Waals surface area contributed by atoms with Crippen LogP contribution < -0.4 is 10.6 Å². The Morgan fingerprint density at radius 3 is 2.77 bits per heavy atom. The molecule has 0 fully saturated rings. The monoisotopic (exact) mass is 185 g/mol. The molecule has 76 valence electrons. The summed E-state index contributed by atoms with van der Waals surface area (Å²) in [6, 6.07) is 0. The Balaban J connectivity index is 2.51. The number of hydrogen-bond donors (Lipinski definition) is 3. The Morgan fingerprint density at radius 2 is 2.31 bits per heavy atom. The van der Waals surface area contributed by atoms with Gasteiger partial charge in [0, 0.05) is 13.1 Å². The number of rotatable bonds is 2. The highest BCUT2D eigenvalue weighted by Gasteiger charge is 2.25. The number of aliphatic imine (C=N–C) groups is 1. The Hall–Kier alpha value is -0.770. The first kappa shape index (κ1) is 10.3. The lowest BCUT2D eigenvalue weighted by Crippen LogP contribution is -2.55. The molecule has 0 radical (unpaired) electrons. The van der Waals surface area contributed by atoms with E-state index < -0.39 is 6.10 Å². The molecule has 0 bridgehead atoms. The van der Waals surface area contributed by atoms with Crippen molar-refractivity contribution in [1.29, 1.82) is 0 Å². The van der Waals surface area contributed by atoms with Gasteiger partial charge in [-0.1, -0.05) is 0 Å². The summed E-state index contributed by atoms with van der Waals surface area (Å²) in [5.41, 5.74) is -0.330. The number of aliphatic hydroxyl groups excluding tert-OH is 1. The zero-order valence-electron chi connectivity index (χ0n) is 8.59. The van der Waals surface area contributed by atoms with Gasteiger partial charge in [0.15, 0.2) is 5.96 Å². The van der Waals surface area contributed by atoms with Gasteiger partial charge in [0.25, 0.3) is 0 Å². The van der Waals surface area contributed by atoms with E-state index >= 15 is 0 Å². The van der Waals surface area contributed by atoms with Crippen molar-refractivity contribution in [1.82, 2.24) is 10.6 Å². The van der Waals surface area contributed by atoms with E-state index in [2.05, 4.69) is 15.6 Å². The molecule has 0 aromatic heterocycles. The highest BCUT2D eigenvalue weighted by Crippen LogP contribution is 2.08. The predicted molar refractivity (Wildman–Crippen MR) is 53.8 cm³/mol. The molecule has 0 aromatic carbocycles. The van der Waals surface area contributed by atoms with Gasteiger partial charge in [-0.15, -0.1) is 0 Å². The van der Waals surface area contributed by atoms with Crippen molar-refractivity contribution in [2.24, 2.45) is 4.99 Å².